The molecule has 0 aliphatic heterocycles. The third kappa shape index (κ3) is 2.78. The van der Waals surface area contributed by atoms with Crippen molar-refractivity contribution in [2.45, 2.75) is 65.4 Å². The SMILES string of the molecule is CC1C2CCC(C2)C1C1C(C)C2CC(COCC(C)(C)O)C1C2. The minimum absolute atomic E-state index is 0.478. The molecule has 0 spiro atoms. The average Bonchev–Trinajstić information content (AvgIpc) is 3.18. The number of rotatable bonds is 5. The number of hydrogen-bond acceptors (Lipinski definition) is 2. The van der Waals surface area contributed by atoms with Gasteiger partial charge in [0.1, 0.15) is 0 Å². The minimum atomic E-state index is -0.691. The van der Waals surface area contributed by atoms with E-state index in [2.05, 4.69) is 13.8 Å². The molecule has 0 amide bonds. The molecule has 2 heteroatoms. The Morgan fingerprint density at radius 2 is 1.61 bits per heavy atom. The second kappa shape index (κ2) is 5.73. The Hall–Kier alpha value is -0.0800. The molecule has 0 aromatic heterocycles. The van der Waals surface area contributed by atoms with Crippen molar-refractivity contribution < 1.29 is 9.84 Å². The van der Waals surface area contributed by atoms with Crippen molar-refractivity contribution in [3.8, 4) is 0 Å². The van der Waals surface area contributed by atoms with Gasteiger partial charge in [-0.25, -0.2) is 0 Å². The molecule has 4 aliphatic carbocycles. The third-order valence-corrected chi connectivity index (χ3v) is 8.27. The zero-order valence-electron chi connectivity index (χ0n) is 15.5. The van der Waals surface area contributed by atoms with E-state index in [1.807, 2.05) is 13.8 Å². The number of fused-ring (bicyclic) bond motifs is 4. The lowest BCUT2D eigenvalue weighted by Crippen LogP contribution is -2.39. The van der Waals surface area contributed by atoms with Crippen molar-refractivity contribution in [3.63, 3.8) is 0 Å². The Labute approximate surface area is 142 Å². The second-order valence-corrected chi connectivity index (χ2v) is 10.2. The molecule has 9 atom stereocenters. The van der Waals surface area contributed by atoms with Crippen LogP contribution >= 0.6 is 0 Å². The summed E-state index contributed by atoms with van der Waals surface area (Å²) in [4.78, 5) is 0. The highest BCUT2D eigenvalue weighted by atomic mass is 16.5. The van der Waals surface area contributed by atoms with Gasteiger partial charge in [0.25, 0.3) is 0 Å². The summed E-state index contributed by atoms with van der Waals surface area (Å²) in [5.74, 6) is 8.59. The third-order valence-electron chi connectivity index (χ3n) is 8.27. The van der Waals surface area contributed by atoms with Crippen molar-refractivity contribution in [3.05, 3.63) is 0 Å². The molecular weight excluding hydrogens is 284 g/mol. The van der Waals surface area contributed by atoms with E-state index in [1.54, 1.807) is 0 Å². The summed E-state index contributed by atoms with van der Waals surface area (Å²) in [5.41, 5.74) is -0.691. The Bertz CT molecular complexity index is 438. The first kappa shape index (κ1) is 16.4. The predicted octanol–water partition coefficient (Wildman–Crippen LogP) is 4.36. The Morgan fingerprint density at radius 1 is 0.913 bits per heavy atom. The van der Waals surface area contributed by atoms with Crippen LogP contribution in [0.5, 0.6) is 0 Å². The van der Waals surface area contributed by atoms with Crippen LogP contribution in [-0.4, -0.2) is 23.9 Å². The average molecular weight is 321 g/mol. The van der Waals surface area contributed by atoms with Gasteiger partial charge in [0.15, 0.2) is 0 Å². The fourth-order valence-corrected chi connectivity index (χ4v) is 7.38. The molecule has 0 aromatic rings. The highest BCUT2D eigenvalue weighted by Crippen LogP contribution is 2.64. The van der Waals surface area contributed by atoms with Crippen LogP contribution in [-0.2, 0) is 4.74 Å². The van der Waals surface area contributed by atoms with E-state index in [9.17, 15) is 5.11 Å². The van der Waals surface area contributed by atoms with Gasteiger partial charge >= 0.3 is 0 Å². The van der Waals surface area contributed by atoms with Gasteiger partial charge in [-0.2, -0.15) is 0 Å². The fourth-order valence-electron chi connectivity index (χ4n) is 7.38. The maximum Gasteiger partial charge on any atom is 0.0824 e. The maximum atomic E-state index is 9.87. The molecule has 0 aromatic carbocycles. The van der Waals surface area contributed by atoms with E-state index >= 15 is 0 Å². The second-order valence-electron chi connectivity index (χ2n) is 10.2. The smallest absolute Gasteiger partial charge is 0.0824 e. The Balaban J connectivity index is 1.42. The minimum Gasteiger partial charge on any atom is -0.388 e. The highest BCUT2D eigenvalue weighted by molar-refractivity contribution is 5.07. The van der Waals surface area contributed by atoms with Gasteiger partial charge < -0.3 is 9.84 Å². The largest absolute Gasteiger partial charge is 0.388 e. The van der Waals surface area contributed by atoms with E-state index in [0.717, 1.165) is 59.9 Å². The summed E-state index contributed by atoms with van der Waals surface area (Å²) in [7, 11) is 0. The molecular formula is C21H36O2. The van der Waals surface area contributed by atoms with Gasteiger partial charge in [0, 0.05) is 6.61 Å². The van der Waals surface area contributed by atoms with Gasteiger partial charge in [0.2, 0.25) is 0 Å². The van der Waals surface area contributed by atoms with Gasteiger partial charge in [-0.3, -0.25) is 0 Å². The number of ether oxygens (including phenoxy) is 1. The van der Waals surface area contributed by atoms with Crippen LogP contribution in [0.1, 0.15) is 59.8 Å². The first-order valence-electron chi connectivity index (χ1n) is 10.2. The fraction of sp³-hybridized carbons (Fsp3) is 1.00. The lowest BCUT2D eigenvalue weighted by Gasteiger charge is -2.43. The van der Waals surface area contributed by atoms with E-state index in [4.69, 9.17) is 4.74 Å². The summed E-state index contributed by atoms with van der Waals surface area (Å²) < 4.78 is 5.92. The number of aliphatic hydroxyl groups is 1. The van der Waals surface area contributed by atoms with Crippen molar-refractivity contribution in [2.24, 2.45) is 53.3 Å². The molecule has 0 saturated heterocycles. The normalized spacial score (nSPS) is 51.8. The molecule has 9 unspecified atom stereocenters. The molecule has 4 rings (SSSR count). The molecule has 0 radical (unpaired) electrons. The maximum absolute atomic E-state index is 9.87. The van der Waals surface area contributed by atoms with Crippen molar-refractivity contribution in [1.82, 2.24) is 0 Å². The van der Waals surface area contributed by atoms with E-state index in [1.165, 1.54) is 32.1 Å². The Morgan fingerprint density at radius 3 is 2.22 bits per heavy atom. The molecule has 4 bridgehead atoms. The van der Waals surface area contributed by atoms with Crippen LogP contribution in [0.25, 0.3) is 0 Å². The topological polar surface area (TPSA) is 29.5 Å². The zero-order valence-corrected chi connectivity index (χ0v) is 15.5. The van der Waals surface area contributed by atoms with Crippen LogP contribution in [0.4, 0.5) is 0 Å². The molecule has 4 fully saturated rings. The summed E-state index contributed by atoms with van der Waals surface area (Å²) in [6.45, 7) is 10.2. The van der Waals surface area contributed by atoms with Crippen LogP contribution in [0, 0.1) is 53.3 Å². The molecule has 4 aliphatic rings. The van der Waals surface area contributed by atoms with Gasteiger partial charge in [0.05, 0.1) is 12.2 Å². The van der Waals surface area contributed by atoms with Gasteiger partial charge in [-0.05, 0) is 99.2 Å². The molecule has 1 N–H and O–H groups in total. The summed E-state index contributed by atoms with van der Waals surface area (Å²) in [6.07, 6.45) is 7.40. The first-order valence-corrected chi connectivity index (χ1v) is 10.2. The van der Waals surface area contributed by atoms with E-state index < -0.39 is 5.60 Å². The highest BCUT2D eigenvalue weighted by Gasteiger charge is 2.58. The molecule has 4 saturated carbocycles. The summed E-state index contributed by atoms with van der Waals surface area (Å²) >= 11 is 0. The Kier molecular flexibility index (Phi) is 4.08. The van der Waals surface area contributed by atoms with Crippen molar-refractivity contribution in [1.29, 1.82) is 0 Å². The lowest BCUT2D eigenvalue weighted by atomic mass is 9.62. The summed E-state index contributed by atoms with van der Waals surface area (Å²) in [6, 6.07) is 0. The number of hydrogen-bond donors (Lipinski definition) is 1. The van der Waals surface area contributed by atoms with Crippen molar-refractivity contribution in [2.75, 3.05) is 13.2 Å². The quantitative estimate of drug-likeness (QED) is 0.815. The van der Waals surface area contributed by atoms with E-state index in [-0.39, 0.29) is 0 Å². The van der Waals surface area contributed by atoms with Crippen LogP contribution in [0.2, 0.25) is 0 Å². The zero-order chi connectivity index (χ0) is 16.4. The van der Waals surface area contributed by atoms with Gasteiger partial charge in [-0.15, -0.1) is 0 Å². The van der Waals surface area contributed by atoms with Crippen molar-refractivity contribution >= 4 is 0 Å². The van der Waals surface area contributed by atoms with Gasteiger partial charge in [-0.1, -0.05) is 13.8 Å². The summed E-state index contributed by atoms with van der Waals surface area (Å²) in [5, 5.41) is 9.87. The predicted molar refractivity (Wildman–Crippen MR) is 93.0 cm³/mol. The van der Waals surface area contributed by atoms with Crippen LogP contribution in [0.3, 0.4) is 0 Å². The first-order chi connectivity index (χ1) is 10.8. The molecule has 23 heavy (non-hydrogen) atoms. The van der Waals surface area contributed by atoms with E-state index in [0.29, 0.717) is 6.61 Å². The monoisotopic (exact) mass is 320 g/mol. The molecule has 0 heterocycles. The standard InChI is InChI=1S/C21H36O2/c1-12-14-5-6-15(7-14)19(12)20-13(2)16-8-17(18(20)9-16)10-23-11-21(3,4)22/h12-20,22H,5-11H2,1-4H3. The lowest BCUT2D eigenvalue weighted by molar-refractivity contribution is -0.0472. The molecule has 2 nitrogen and oxygen atoms in total. The van der Waals surface area contributed by atoms with Crippen LogP contribution in [0.15, 0.2) is 0 Å². The molecule has 132 valence electrons. The van der Waals surface area contributed by atoms with Crippen LogP contribution < -0.4 is 0 Å².